The Morgan fingerprint density at radius 2 is 2.07 bits per heavy atom. The summed E-state index contributed by atoms with van der Waals surface area (Å²) in [6.07, 6.45) is 5.65. The molecule has 8 heteroatoms. The molecule has 0 unspecified atom stereocenters. The van der Waals surface area contributed by atoms with Crippen molar-refractivity contribution in [3.8, 4) is 0 Å². The van der Waals surface area contributed by atoms with E-state index in [0.717, 1.165) is 22.3 Å². The summed E-state index contributed by atoms with van der Waals surface area (Å²) < 4.78 is 8.16. The fourth-order valence-electron chi connectivity index (χ4n) is 4.43. The first-order valence-electron chi connectivity index (χ1n) is 9.99. The van der Waals surface area contributed by atoms with Crippen molar-refractivity contribution in [2.24, 2.45) is 5.11 Å². The van der Waals surface area contributed by atoms with E-state index in [1.807, 2.05) is 49.5 Å². The zero-order chi connectivity index (χ0) is 20.7. The molecule has 8 nitrogen and oxygen atoms in total. The van der Waals surface area contributed by atoms with Gasteiger partial charge in [0.05, 0.1) is 5.57 Å². The van der Waals surface area contributed by atoms with Crippen LogP contribution in [-0.2, 0) is 9.53 Å². The van der Waals surface area contributed by atoms with E-state index in [0.29, 0.717) is 37.0 Å². The number of aromatic nitrogens is 3. The molecule has 0 N–H and O–H groups in total. The predicted molar refractivity (Wildman–Crippen MR) is 111 cm³/mol. The van der Waals surface area contributed by atoms with Gasteiger partial charge in [-0.05, 0) is 55.8 Å². The maximum Gasteiger partial charge on any atom is 0.210 e. The number of hydrogen-bond donors (Lipinski definition) is 0. The molecule has 1 aliphatic heterocycles. The molecular weight excluding hydrogens is 380 g/mol. The van der Waals surface area contributed by atoms with E-state index in [9.17, 15) is 4.79 Å². The van der Waals surface area contributed by atoms with Gasteiger partial charge in [-0.2, -0.15) is 5.10 Å². The number of fused-ring (bicyclic) bond motifs is 1. The van der Waals surface area contributed by atoms with Gasteiger partial charge in [0.15, 0.2) is 11.2 Å². The molecule has 0 saturated heterocycles. The second-order valence-corrected chi connectivity index (χ2v) is 7.92. The highest BCUT2D eigenvalue weighted by molar-refractivity contribution is 6.33. The Morgan fingerprint density at radius 1 is 1.23 bits per heavy atom. The summed E-state index contributed by atoms with van der Waals surface area (Å²) >= 11 is 0. The van der Waals surface area contributed by atoms with Crippen molar-refractivity contribution in [3.05, 3.63) is 76.1 Å². The van der Waals surface area contributed by atoms with Crippen molar-refractivity contribution in [3.63, 3.8) is 0 Å². The van der Waals surface area contributed by atoms with Gasteiger partial charge < -0.3 is 4.74 Å². The SMILES string of the molecule is Cc1cccc(C2=C(c3ccc4ncnn4c3)OC3(CCC(N=[N+]=[N-])CC3)C2=O)c1. The van der Waals surface area contributed by atoms with Crippen LogP contribution in [0.5, 0.6) is 0 Å². The topological polar surface area (TPSA) is 105 Å². The Kier molecular flexibility index (Phi) is 4.29. The van der Waals surface area contributed by atoms with E-state index in [-0.39, 0.29) is 11.8 Å². The molecule has 1 aromatic carbocycles. The molecule has 30 heavy (non-hydrogen) atoms. The third kappa shape index (κ3) is 2.93. The molecular formula is C22H20N6O2. The quantitative estimate of drug-likeness (QED) is 0.367. The van der Waals surface area contributed by atoms with Gasteiger partial charge in [0.2, 0.25) is 5.78 Å². The molecule has 1 spiro atoms. The van der Waals surface area contributed by atoms with Gasteiger partial charge in [0, 0.05) is 22.7 Å². The standard InChI is InChI=1S/C22H20N6O2/c1-14-3-2-4-15(11-14)19-20(16-5-6-18-24-13-25-28(18)12-16)30-22(21(19)29)9-7-17(8-10-22)26-27-23/h2-6,11-13,17H,7-10H2,1H3. The molecule has 0 amide bonds. The van der Waals surface area contributed by atoms with Crippen LogP contribution in [-0.4, -0.2) is 32.0 Å². The Labute approximate surface area is 172 Å². The molecule has 2 aliphatic rings. The summed E-state index contributed by atoms with van der Waals surface area (Å²) in [5.74, 6) is 0.575. The number of ketones is 1. The van der Waals surface area contributed by atoms with Crippen molar-refractivity contribution in [2.45, 2.75) is 44.2 Å². The van der Waals surface area contributed by atoms with Gasteiger partial charge in [0.25, 0.3) is 0 Å². The van der Waals surface area contributed by atoms with E-state index in [2.05, 4.69) is 20.1 Å². The van der Waals surface area contributed by atoms with Gasteiger partial charge >= 0.3 is 0 Å². The molecule has 0 bridgehead atoms. The summed E-state index contributed by atoms with van der Waals surface area (Å²) in [5, 5.41) is 8.05. The highest BCUT2D eigenvalue weighted by atomic mass is 16.5. The molecule has 1 aliphatic carbocycles. The van der Waals surface area contributed by atoms with Crippen LogP contribution in [0.3, 0.4) is 0 Å². The fourth-order valence-corrected chi connectivity index (χ4v) is 4.43. The smallest absolute Gasteiger partial charge is 0.210 e. The van der Waals surface area contributed by atoms with Crippen LogP contribution in [0.25, 0.3) is 27.4 Å². The van der Waals surface area contributed by atoms with Gasteiger partial charge in [-0.25, -0.2) is 9.50 Å². The minimum absolute atomic E-state index is 0.00109. The number of carbonyl (C=O) groups is 1. The Hall–Kier alpha value is -3.64. The third-order valence-corrected chi connectivity index (χ3v) is 5.99. The second-order valence-electron chi connectivity index (χ2n) is 7.92. The summed E-state index contributed by atoms with van der Waals surface area (Å²) in [6, 6.07) is 11.6. The lowest BCUT2D eigenvalue weighted by Crippen LogP contribution is -2.42. The van der Waals surface area contributed by atoms with E-state index in [4.69, 9.17) is 10.3 Å². The number of benzene rings is 1. The number of aryl methyl sites for hydroxylation is 1. The number of azide groups is 1. The lowest BCUT2D eigenvalue weighted by Gasteiger charge is -2.34. The molecule has 1 fully saturated rings. The summed E-state index contributed by atoms with van der Waals surface area (Å²) in [4.78, 5) is 20.8. The summed E-state index contributed by atoms with van der Waals surface area (Å²) in [5.41, 5.74) is 11.9. The molecule has 1 saturated carbocycles. The van der Waals surface area contributed by atoms with Crippen LogP contribution in [0.2, 0.25) is 0 Å². The number of hydrogen-bond acceptors (Lipinski definition) is 5. The normalized spacial score (nSPS) is 23.6. The molecule has 0 atom stereocenters. The molecule has 3 aromatic rings. The van der Waals surface area contributed by atoms with Crippen LogP contribution >= 0.6 is 0 Å². The molecule has 0 radical (unpaired) electrons. The summed E-state index contributed by atoms with van der Waals surface area (Å²) in [7, 11) is 0. The van der Waals surface area contributed by atoms with E-state index < -0.39 is 5.60 Å². The highest BCUT2D eigenvalue weighted by Gasteiger charge is 2.51. The van der Waals surface area contributed by atoms with Crippen LogP contribution in [0.4, 0.5) is 0 Å². The molecule has 2 aromatic heterocycles. The zero-order valence-electron chi connectivity index (χ0n) is 16.5. The Morgan fingerprint density at radius 3 is 2.83 bits per heavy atom. The van der Waals surface area contributed by atoms with Crippen LogP contribution < -0.4 is 0 Å². The first kappa shape index (κ1) is 18.4. The van der Waals surface area contributed by atoms with Crippen molar-refractivity contribution < 1.29 is 9.53 Å². The van der Waals surface area contributed by atoms with Crippen molar-refractivity contribution >= 4 is 22.8 Å². The average Bonchev–Trinajstić information content (AvgIpc) is 3.33. The predicted octanol–water partition coefficient (Wildman–Crippen LogP) is 4.50. The monoisotopic (exact) mass is 400 g/mol. The Balaban J connectivity index is 1.61. The molecule has 150 valence electrons. The van der Waals surface area contributed by atoms with Gasteiger partial charge in [0.1, 0.15) is 12.1 Å². The lowest BCUT2D eigenvalue weighted by molar-refractivity contribution is -0.130. The third-order valence-electron chi connectivity index (χ3n) is 5.99. The van der Waals surface area contributed by atoms with Crippen LogP contribution in [0.15, 0.2) is 54.0 Å². The van der Waals surface area contributed by atoms with Gasteiger partial charge in [-0.3, -0.25) is 4.79 Å². The van der Waals surface area contributed by atoms with Crippen molar-refractivity contribution in [2.75, 3.05) is 0 Å². The number of ether oxygens (including phenoxy) is 1. The van der Waals surface area contributed by atoms with E-state index in [1.165, 1.54) is 6.33 Å². The number of rotatable bonds is 3. The Bertz CT molecular complexity index is 1230. The maximum atomic E-state index is 13.7. The second kappa shape index (κ2) is 7.00. The number of pyridine rings is 1. The number of nitrogens with zero attached hydrogens (tertiary/aromatic N) is 6. The highest BCUT2D eigenvalue weighted by Crippen LogP contribution is 2.48. The van der Waals surface area contributed by atoms with Crippen LogP contribution in [0, 0.1) is 6.92 Å². The van der Waals surface area contributed by atoms with E-state index in [1.54, 1.807) is 4.52 Å². The minimum Gasteiger partial charge on any atom is -0.478 e. The number of Topliss-reactive ketones (excluding diaryl/α,β-unsaturated/α-hetero) is 1. The van der Waals surface area contributed by atoms with E-state index >= 15 is 0 Å². The first-order valence-corrected chi connectivity index (χ1v) is 9.99. The fraction of sp³-hybridized carbons (Fsp3) is 0.318. The summed E-state index contributed by atoms with van der Waals surface area (Å²) in [6.45, 7) is 2.01. The minimum atomic E-state index is -0.910. The average molecular weight is 400 g/mol. The molecule has 3 heterocycles. The zero-order valence-corrected chi connectivity index (χ0v) is 16.5. The van der Waals surface area contributed by atoms with Crippen molar-refractivity contribution in [1.29, 1.82) is 0 Å². The van der Waals surface area contributed by atoms with Crippen molar-refractivity contribution in [1.82, 2.24) is 14.6 Å². The lowest BCUT2D eigenvalue weighted by atomic mass is 9.77. The largest absolute Gasteiger partial charge is 0.478 e. The number of carbonyl (C=O) groups excluding carboxylic acids is 1. The van der Waals surface area contributed by atoms with Crippen LogP contribution in [0.1, 0.15) is 42.4 Å². The first-order chi connectivity index (χ1) is 14.6. The van der Waals surface area contributed by atoms with Gasteiger partial charge in [-0.15, -0.1) is 0 Å². The van der Waals surface area contributed by atoms with Gasteiger partial charge in [-0.1, -0.05) is 34.9 Å². The molecule has 5 rings (SSSR count). The maximum absolute atomic E-state index is 13.7.